The van der Waals surface area contributed by atoms with Crippen LogP contribution in [0.2, 0.25) is 0 Å². The van der Waals surface area contributed by atoms with Gasteiger partial charge in [0.2, 0.25) is 5.91 Å². The fraction of sp³-hybridized carbons (Fsp3) is 0.450. The average Bonchev–Trinajstić information content (AvgIpc) is 3.49. The van der Waals surface area contributed by atoms with Crippen LogP contribution >= 0.6 is 0 Å². The van der Waals surface area contributed by atoms with Crippen LogP contribution in [0.3, 0.4) is 0 Å². The summed E-state index contributed by atoms with van der Waals surface area (Å²) < 4.78 is 5.34. The summed E-state index contributed by atoms with van der Waals surface area (Å²) in [7, 11) is 1.66. The second kappa shape index (κ2) is 6.56. The van der Waals surface area contributed by atoms with Crippen molar-refractivity contribution in [1.29, 1.82) is 0 Å². The van der Waals surface area contributed by atoms with Crippen molar-refractivity contribution in [1.82, 2.24) is 4.90 Å². The summed E-state index contributed by atoms with van der Waals surface area (Å²) in [6.07, 6.45) is 2.13. The van der Waals surface area contributed by atoms with E-state index in [1.807, 2.05) is 29.2 Å². The number of carbonyl (C=O) groups excluding carboxylic acids is 1. The Morgan fingerprint density at radius 1 is 1.24 bits per heavy atom. The Hall–Kier alpha value is -2.27. The van der Waals surface area contributed by atoms with Crippen molar-refractivity contribution >= 4 is 16.7 Å². The molecule has 1 heterocycles. The van der Waals surface area contributed by atoms with Crippen molar-refractivity contribution in [3.63, 3.8) is 0 Å². The number of amides is 1. The Morgan fingerprint density at radius 3 is 2.64 bits per heavy atom. The first kappa shape index (κ1) is 16.2. The third-order valence-electron chi connectivity index (χ3n) is 5.45. The molecule has 5 nitrogen and oxygen atoms in total. The van der Waals surface area contributed by atoms with Gasteiger partial charge >= 0.3 is 0 Å². The van der Waals surface area contributed by atoms with Crippen LogP contribution in [0.25, 0.3) is 10.8 Å². The average molecular weight is 341 g/mol. The fourth-order valence-electron chi connectivity index (χ4n) is 3.72. The number of rotatable bonds is 4. The number of nitrogens with one attached hydrogen (secondary N) is 1. The van der Waals surface area contributed by atoms with Gasteiger partial charge in [-0.25, -0.2) is 0 Å². The summed E-state index contributed by atoms with van der Waals surface area (Å²) in [5, 5.41) is 12.6. The Labute approximate surface area is 147 Å². The molecule has 132 valence electrons. The van der Waals surface area contributed by atoms with Gasteiger partial charge in [0.15, 0.2) is 0 Å². The summed E-state index contributed by atoms with van der Waals surface area (Å²) in [5.74, 6) is 1.78. The second-order valence-electron chi connectivity index (χ2n) is 7.18. The highest BCUT2D eigenvalue weighted by molar-refractivity contribution is 5.88. The molecule has 2 fully saturated rings. The molecule has 5 heteroatoms. The van der Waals surface area contributed by atoms with Crippen LogP contribution in [-0.2, 0) is 11.3 Å². The zero-order chi connectivity index (χ0) is 17.4. The monoisotopic (exact) mass is 341 g/mol. The molecule has 4 rings (SSSR count). The SMILES string of the molecule is COc1ccc2ccc(O)c(C[NH+]3CCN(C(=O)C4CC4)CC3)c2c1. The highest BCUT2D eigenvalue weighted by atomic mass is 16.5. The van der Waals surface area contributed by atoms with Crippen LogP contribution in [0.15, 0.2) is 30.3 Å². The van der Waals surface area contributed by atoms with Crippen LogP contribution in [0.5, 0.6) is 11.5 Å². The number of hydrogen-bond donors (Lipinski definition) is 2. The highest BCUT2D eigenvalue weighted by Crippen LogP contribution is 2.31. The second-order valence-corrected chi connectivity index (χ2v) is 7.18. The molecule has 1 aliphatic carbocycles. The Balaban J connectivity index is 1.50. The van der Waals surface area contributed by atoms with Gasteiger partial charge in [-0.3, -0.25) is 4.79 Å². The van der Waals surface area contributed by atoms with Crippen molar-refractivity contribution in [3.05, 3.63) is 35.9 Å². The lowest BCUT2D eigenvalue weighted by Gasteiger charge is -2.32. The summed E-state index contributed by atoms with van der Waals surface area (Å²) in [4.78, 5) is 15.6. The predicted molar refractivity (Wildman–Crippen MR) is 95.9 cm³/mol. The Bertz CT molecular complexity index is 793. The van der Waals surface area contributed by atoms with Crippen LogP contribution in [-0.4, -0.2) is 49.2 Å². The van der Waals surface area contributed by atoms with Crippen molar-refractivity contribution in [2.45, 2.75) is 19.4 Å². The van der Waals surface area contributed by atoms with E-state index in [9.17, 15) is 9.90 Å². The van der Waals surface area contributed by atoms with Crippen LogP contribution in [0, 0.1) is 5.92 Å². The number of fused-ring (bicyclic) bond motifs is 1. The predicted octanol–water partition coefficient (Wildman–Crippen LogP) is 1.19. The number of phenolic OH excluding ortho intramolecular Hbond substituents is 1. The molecule has 0 bridgehead atoms. The van der Waals surface area contributed by atoms with E-state index in [1.54, 1.807) is 13.2 Å². The van der Waals surface area contributed by atoms with Gasteiger partial charge in [0.1, 0.15) is 18.0 Å². The third kappa shape index (κ3) is 3.29. The number of quaternary nitrogens is 1. The van der Waals surface area contributed by atoms with E-state index in [-0.39, 0.29) is 0 Å². The lowest BCUT2D eigenvalue weighted by atomic mass is 10.0. The van der Waals surface area contributed by atoms with Crippen LogP contribution < -0.4 is 9.64 Å². The standard InChI is InChI=1S/C20H24N2O3/c1-25-16-6-4-14-5-7-19(23)18(17(14)12-16)13-21-8-10-22(11-9-21)20(24)15-2-3-15/h4-7,12,15,23H,2-3,8-11,13H2,1H3/p+1. The zero-order valence-electron chi connectivity index (χ0n) is 14.6. The molecule has 0 unspecified atom stereocenters. The van der Waals surface area contributed by atoms with Gasteiger partial charge < -0.3 is 19.6 Å². The minimum atomic E-state index is 0.302. The molecule has 0 radical (unpaired) electrons. The van der Waals surface area contributed by atoms with Crippen molar-refractivity contribution in [2.24, 2.45) is 5.92 Å². The summed E-state index contributed by atoms with van der Waals surface area (Å²) in [6, 6.07) is 9.68. The molecular formula is C20H25N2O3+. The van der Waals surface area contributed by atoms with E-state index in [0.29, 0.717) is 17.6 Å². The lowest BCUT2D eigenvalue weighted by Crippen LogP contribution is -3.13. The quantitative estimate of drug-likeness (QED) is 0.878. The van der Waals surface area contributed by atoms with Gasteiger partial charge in [0, 0.05) is 5.92 Å². The van der Waals surface area contributed by atoms with Crippen molar-refractivity contribution in [3.8, 4) is 11.5 Å². The fourth-order valence-corrected chi connectivity index (χ4v) is 3.72. The number of phenols is 1. The molecule has 0 atom stereocenters. The number of piperazine rings is 1. The first-order valence-corrected chi connectivity index (χ1v) is 9.06. The number of ether oxygens (including phenoxy) is 1. The molecule has 1 amide bonds. The summed E-state index contributed by atoms with van der Waals surface area (Å²) in [5.41, 5.74) is 0.966. The number of methoxy groups -OCH3 is 1. The number of hydrogen-bond acceptors (Lipinski definition) is 3. The minimum Gasteiger partial charge on any atom is -0.507 e. The molecule has 25 heavy (non-hydrogen) atoms. The van der Waals surface area contributed by atoms with Gasteiger partial charge in [0.05, 0.1) is 38.9 Å². The van der Waals surface area contributed by atoms with Gasteiger partial charge in [-0.2, -0.15) is 0 Å². The van der Waals surface area contributed by atoms with Gasteiger partial charge in [-0.05, 0) is 41.8 Å². The summed E-state index contributed by atoms with van der Waals surface area (Å²) >= 11 is 0. The van der Waals surface area contributed by atoms with E-state index in [2.05, 4.69) is 0 Å². The molecule has 2 aromatic carbocycles. The first-order valence-electron chi connectivity index (χ1n) is 9.06. The number of aromatic hydroxyl groups is 1. The molecule has 1 saturated carbocycles. The maximum absolute atomic E-state index is 12.2. The molecule has 1 saturated heterocycles. The molecule has 1 aliphatic heterocycles. The molecular weight excluding hydrogens is 316 g/mol. The molecule has 0 aromatic heterocycles. The molecule has 2 aliphatic rings. The van der Waals surface area contributed by atoms with Crippen molar-refractivity contribution in [2.75, 3.05) is 33.3 Å². The van der Waals surface area contributed by atoms with E-state index in [4.69, 9.17) is 4.74 Å². The van der Waals surface area contributed by atoms with E-state index in [1.165, 1.54) is 4.90 Å². The largest absolute Gasteiger partial charge is 0.507 e. The maximum atomic E-state index is 12.2. The van der Waals surface area contributed by atoms with Crippen LogP contribution in [0.1, 0.15) is 18.4 Å². The smallest absolute Gasteiger partial charge is 0.226 e. The van der Waals surface area contributed by atoms with Gasteiger partial charge in [-0.15, -0.1) is 0 Å². The first-order chi connectivity index (χ1) is 12.2. The van der Waals surface area contributed by atoms with Gasteiger partial charge in [-0.1, -0.05) is 12.1 Å². The number of benzene rings is 2. The third-order valence-corrected chi connectivity index (χ3v) is 5.45. The van der Waals surface area contributed by atoms with Crippen molar-refractivity contribution < 1.29 is 19.5 Å². The Kier molecular flexibility index (Phi) is 4.25. The molecule has 2 N–H and O–H groups in total. The number of carbonyl (C=O) groups is 1. The normalized spacial score (nSPS) is 18.5. The minimum absolute atomic E-state index is 0.302. The van der Waals surface area contributed by atoms with Gasteiger partial charge in [0.25, 0.3) is 0 Å². The maximum Gasteiger partial charge on any atom is 0.226 e. The Morgan fingerprint density at radius 2 is 1.96 bits per heavy atom. The van der Waals surface area contributed by atoms with Crippen LogP contribution in [0.4, 0.5) is 0 Å². The lowest BCUT2D eigenvalue weighted by molar-refractivity contribution is -0.917. The molecule has 0 spiro atoms. The van der Waals surface area contributed by atoms with E-state index in [0.717, 1.165) is 67.7 Å². The highest BCUT2D eigenvalue weighted by Gasteiger charge is 2.35. The van der Waals surface area contributed by atoms with E-state index < -0.39 is 0 Å². The topological polar surface area (TPSA) is 54.2 Å². The van der Waals surface area contributed by atoms with E-state index >= 15 is 0 Å². The molecule has 2 aromatic rings. The zero-order valence-corrected chi connectivity index (χ0v) is 14.6. The number of nitrogens with zero attached hydrogens (tertiary/aromatic N) is 1. The summed E-state index contributed by atoms with van der Waals surface area (Å²) in [6.45, 7) is 4.26.